The summed E-state index contributed by atoms with van der Waals surface area (Å²) in [7, 11) is 5.17. The molecule has 0 saturated heterocycles. The van der Waals surface area contributed by atoms with Crippen LogP contribution in [-0.4, -0.2) is 191 Å². The van der Waals surface area contributed by atoms with Gasteiger partial charge in [0.2, 0.25) is 0 Å². The van der Waals surface area contributed by atoms with Crippen molar-refractivity contribution in [2.75, 3.05) is 107 Å². The molecule has 8 N–H and O–H groups in total. The van der Waals surface area contributed by atoms with Crippen molar-refractivity contribution in [1.82, 2.24) is 0 Å². The molecule has 27 heteroatoms. The highest BCUT2D eigenvalue weighted by Gasteiger charge is 2.39. The molecule has 150 heavy (non-hydrogen) atoms. The zero-order chi connectivity index (χ0) is 110. The Morgan fingerprint density at radius 3 is 0.867 bits per heavy atom. The molecule has 0 atom stereocenters. The third-order valence-corrected chi connectivity index (χ3v) is 45.6. The summed E-state index contributed by atoms with van der Waals surface area (Å²) < 4.78 is 66.6. The highest BCUT2D eigenvalue weighted by molar-refractivity contribution is 8.76. The average Bonchev–Trinajstić information content (AvgIpc) is 0.887. The normalized spacial score (nSPS) is 12.3. The van der Waals surface area contributed by atoms with Gasteiger partial charge in [-0.05, 0) is 278 Å². The topological polar surface area (TPSA) is 273 Å². The number of aryl methyl sites for hydroxylation is 7. The lowest BCUT2D eigenvalue weighted by Gasteiger charge is -2.26. The Kier molecular flexibility index (Phi) is 55.2. The van der Waals surface area contributed by atoms with E-state index in [0.29, 0.717) is 32.1 Å². The van der Waals surface area contributed by atoms with E-state index >= 15 is 0 Å². The van der Waals surface area contributed by atoms with E-state index in [4.69, 9.17) is 53.4 Å². The van der Waals surface area contributed by atoms with Crippen LogP contribution in [0, 0.1) is 54.4 Å². The third-order valence-electron chi connectivity index (χ3n) is 28.0. The number of rotatable bonds is 54. The highest BCUT2D eigenvalue weighted by atomic mass is 33.1. The Bertz CT molecular complexity index is 5450. The van der Waals surface area contributed by atoms with E-state index in [2.05, 4.69) is 184 Å². The highest BCUT2D eigenvalue weighted by Crippen LogP contribution is 2.41. The lowest BCUT2D eigenvalue weighted by Crippen LogP contribution is -2.44. The maximum absolute atomic E-state index is 11.1. The van der Waals surface area contributed by atoms with Crippen LogP contribution in [0.1, 0.15) is 241 Å². The van der Waals surface area contributed by atoms with Crippen molar-refractivity contribution in [1.29, 1.82) is 0 Å². The summed E-state index contributed by atoms with van der Waals surface area (Å²) >= 11 is 0. The van der Waals surface area contributed by atoms with Crippen LogP contribution in [0.3, 0.4) is 0 Å². The molecule has 0 spiro atoms. The van der Waals surface area contributed by atoms with Crippen LogP contribution < -0.4 is 0 Å². The zero-order valence-electron chi connectivity index (χ0n) is 94.7. The minimum atomic E-state index is -2.36. The molecule has 11 aromatic carbocycles. The van der Waals surface area contributed by atoms with Gasteiger partial charge in [0.15, 0.2) is 0 Å². The number of hydrogen-bond acceptors (Lipinski definition) is 22. The first kappa shape index (κ1) is 128. The van der Waals surface area contributed by atoms with Gasteiger partial charge in [0.25, 0.3) is 0 Å². The van der Waals surface area contributed by atoms with Gasteiger partial charge in [-0.2, -0.15) is 0 Å². The maximum atomic E-state index is 11.1. The minimum Gasteiger partial charge on any atom is -0.508 e. The first-order valence-electron chi connectivity index (χ1n) is 53.3. The number of benzene rings is 11. The largest absolute Gasteiger partial charge is 0.508 e. The number of aliphatic hydroxyl groups excluding tert-OH is 1. The van der Waals surface area contributed by atoms with Crippen LogP contribution in [0.25, 0.3) is 0 Å². The van der Waals surface area contributed by atoms with Gasteiger partial charge < -0.3 is 94.3 Å². The fourth-order valence-electron chi connectivity index (χ4n) is 18.5. The molecule has 0 radical (unpaired) electrons. The molecular weight excluding hydrogens is 2000 g/mol. The summed E-state index contributed by atoms with van der Waals surface area (Å²) in [6.07, 6.45) is 13.5. The minimum absolute atomic E-state index is 0.00442. The van der Waals surface area contributed by atoms with Crippen molar-refractivity contribution in [3.05, 3.63) is 346 Å². The van der Waals surface area contributed by atoms with Gasteiger partial charge in [0.05, 0.1) is 6.23 Å². The molecule has 0 bridgehead atoms. The summed E-state index contributed by atoms with van der Waals surface area (Å²) in [4.78, 5) is 0. The Morgan fingerprint density at radius 1 is 0.300 bits per heavy atom. The summed E-state index contributed by atoms with van der Waals surface area (Å²) in [6.45, 7) is 42.4. The SMILES string of the molecule is CC(C)(c1ccccc1)c1ccc(Cc2ccc(C(C)(C)c3ccccc3)cc2)cc1.CCO[Si](C)(CCCSSCCC[Si](C)(OCC)OCC)OCC.CO[Si](C)(CCCCCC[Si](CO)(OC)OC)OC.CO[Si](CCCOCC1CC1)(OC)OC.Cc1ccc(O)c(Cc2cc(C)cc(Cc3cc(C)cc(Cc4cc(C)ccc4O)c3O)c2O)c1.Cc1ccc(O)c(Cc2cc(C)cc(Cc3cc(C)ccc3O)c2O)c1. The van der Waals surface area contributed by atoms with Gasteiger partial charge in [0.1, 0.15) is 40.2 Å². The zero-order valence-corrected chi connectivity index (χ0v) is 101. The molecule has 1 aliphatic rings. The molecule has 1 saturated carbocycles. The van der Waals surface area contributed by atoms with Crippen molar-refractivity contribution in [2.24, 2.45) is 5.92 Å². The molecule has 1 fully saturated rings. The lowest BCUT2D eigenvalue weighted by atomic mass is 9.77. The van der Waals surface area contributed by atoms with Crippen molar-refractivity contribution in [3.63, 3.8) is 0 Å². The smallest absolute Gasteiger partial charge is 0.500 e. The van der Waals surface area contributed by atoms with Crippen molar-refractivity contribution in [3.8, 4) is 40.2 Å². The molecule has 0 amide bonds. The Labute approximate surface area is 912 Å². The van der Waals surface area contributed by atoms with Crippen LogP contribution in [0.4, 0.5) is 0 Å². The fourth-order valence-corrected chi connectivity index (χ4v) is 30.9. The average molecular weight is 2180 g/mol. The van der Waals surface area contributed by atoms with Crippen molar-refractivity contribution < 1.29 is 94.3 Å². The van der Waals surface area contributed by atoms with Crippen LogP contribution in [0.2, 0.25) is 49.9 Å². The van der Waals surface area contributed by atoms with Crippen LogP contribution in [0.5, 0.6) is 40.2 Å². The standard InChI is InChI=1S/C31H32O4.C31H32.C23H24O3.C16H38O4S2Si2.C12H30O5Si2.C10H22O4Si/c1-18-5-7-28(32)22(9-18)15-24-11-20(3)13-26(30(24)34)17-27-14-21(4)12-25(31(27)35)16-23-10-19(2)6-8-29(23)33;1-30(2,26-11-7-5-8-12-26)28-19-15-24(16-20-28)23-25-17-21-29(22-18-25)31(3,4)27-13-9-6-10-14-27;1-14-4-6-21(24)17(8-14)12-19-10-16(3)11-20(23(19)26)13-18-9-15(2)5-7-22(18)25;1-7-17-23(5,18-8-2)15-11-13-21-22-14-12-16-24(6,19-9-3)20-10-4;1-14-18(5,15-2)10-8-6-7-9-11-19(12-13,16-3)17-4;1-11-15(12-2,13-3)8-4-7-14-9-10-5-6-10/h5-14,32-35H,15-17H2,1-4H3;5-22H,23H2,1-4H3;4-11,24-26H,12-13H2,1-3H3;7-16H2,1-6H3;13H,6-12H2,1-5H3;10H,4-9H2,1-3H3. The van der Waals surface area contributed by atoms with E-state index in [-0.39, 0.29) is 57.3 Å². The van der Waals surface area contributed by atoms with Gasteiger partial charge in [-0.25, -0.2) is 0 Å². The molecule has 822 valence electrons. The number of phenols is 7. The summed E-state index contributed by atoms with van der Waals surface area (Å²) in [5.74, 6) is 4.61. The first-order valence-corrected chi connectivity index (χ1v) is 67.5. The molecule has 0 heterocycles. The van der Waals surface area contributed by atoms with E-state index in [1.54, 1.807) is 74.0 Å². The Balaban J connectivity index is 0.000000248. The molecule has 0 unspecified atom stereocenters. The predicted molar refractivity (Wildman–Crippen MR) is 631 cm³/mol. The van der Waals surface area contributed by atoms with Crippen LogP contribution in [-0.2, 0) is 103 Å². The molecule has 12 rings (SSSR count). The molecule has 0 aromatic heterocycles. The number of ether oxygens (including phenoxy) is 1. The Morgan fingerprint density at radius 2 is 0.587 bits per heavy atom. The van der Waals surface area contributed by atoms with Gasteiger partial charge in [0, 0.05) is 150 Å². The Hall–Kier alpha value is -8.72. The number of aliphatic hydroxyl groups is 1. The summed E-state index contributed by atoms with van der Waals surface area (Å²) in [6, 6.07) is 78.1. The molecule has 20 nitrogen and oxygen atoms in total. The monoisotopic (exact) mass is 2180 g/mol. The molecular formula is C123H178O20S2Si5. The maximum Gasteiger partial charge on any atom is 0.500 e. The summed E-state index contributed by atoms with van der Waals surface area (Å²) in [5, 5.41) is 83.2. The molecule has 0 aliphatic heterocycles. The van der Waals surface area contributed by atoms with Crippen molar-refractivity contribution >= 4 is 64.6 Å². The van der Waals surface area contributed by atoms with Gasteiger partial charge in [-0.3, -0.25) is 0 Å². The lowest BCUT2D eigenvalue weighted by molar-refractivity contribution is 0.103. The van der Waals surface area contributed by atoms with E-state index in [0.717, 1.165) is 209 Å². The van der Waals surface area contributed by atoms with E-state index in [1.807, 2.05) is 155 Å². The van der Waals surface area contributed by atoms with E-state index in [9.17, 15) is 40.9 Å². The third kappa shape index (κ3) is 42.2. The predicted octanol–water partition coefficient (Wildman–Crippen LogP) is 28.7. The van der Waals surface area contributed by atoms with Crippen molar-refractivity contribution in [2.45, 2.75) is 261 Å². The molecule has 11 aromatic rings. The van der Waals surface area contributed by atoms with Crippen LogP contribution >= 0.6 is 21.6 Å². The van der Waals surface area contributed by atoms with Crippen LogP contribution in [0.15, 0.2) is 218 Å². The number of unbranched alkanes of at least 4 members (excludes halogenated alkanes) is 3. The second kappa shape index (κ2) is 64.6. The summed E-state index contributed by atoms with van der Waals surface area (Å²) in [5.41, 5.74) is 22.9. The fraction of sp³-hybridized carbons (Fsp3) is 0.463. The van der Waals surface area contributed by atoms with E-state index in [1.165, 1.54) is 70.6 Å². The number of aromatic hydroxyl groups is 7. The second-order valence-electron chi connectivity index (χ2n) is 41.0. The number of hydrogen-bond donors (Lipinski definition) is 8. The second-order valence-corrected chi connectivity index (χ2v) is 60.5. The van der Waals surface area contributed by atoms with E-state index < -0.39 is 43.0 Å². The molecule has 1 aliphatic carbocycles. The first-order chi connectivity index (χ1) is 71.5. The van der Waals surface area contributed by atoms with Gasteiger partial charge >= 0.3 is 43.0 Å². The van der Waals surface area contributed by atoms with Gasteiger partial charge in [-0.1, -0.05) is 308 Å². The number of phenolic OH excluding ortho intramolecular Hbond substituents is 7. The van der Waals surface area contributed by atoms with Gasteiger partial charge in [-0.15, -0.1) is 0 Å². The quantitative estimate of drug-likeness (QED) is 0.00999.